The minimum absolute atomic E-state index is 0.137. The van der Waals surface area contributed by atoms with Gasteiger partial charge in [-0.15, -0.1) is 0 Å². The van der Waals surface area contributed by atoms with Crippen molar-refractivity contribution in [3.8, 4) is 0 Å². The van der Waals surface area contributed by atoms with E-state index in [0.717, 1.165) is 6.42 Å². The number of amides is 1. The maximum Gasteiger partial charge on any atom is 0.408 e. The maximum atomic E-state index is 11.3. The molecule has 14 heavy (non-hydrogen) atoms. The molecule has 1 aliphatic heterocycles. The second kappa shape index (κ2) is 4.30. The van der Waals surface area contributed by atoms with Gasteiger partial charge in [0, 0.05) is 0 Å². The molecule has 3 unspecified atom stereocenters. The summed E-state index contributed by atoms with van der Waals surface area (Å²) < 4.78 is 9.57. The van der Waals surface area contributed by atoms with Gasteiger partial charge in [-0.2, -0.15) is 0 Å². The Morgan fingerprint density at radius 3 is 2.86 bits per heavy atom. The van der Waals surface area contributed by atoms with Crippen molar-refractivity contribution in [1.82, 2.24) is 5.32 Å². The van der Waals surface area contributed by atoms with Crippen molar-refractivity contribution in [2.75, 3.05) is 7.11 Å². The van der Waals surface area contributed by atoms with Gasteiger partial charge in [0.1, 0.15) is 6.10 Å². The lowest BCUT2D eigenvalue weighted by Gasteiger charge is -2.19. The van der Waals surface area contributed by atoms with Crippen molar-refractivity contribution in [1.29, 1.82) is 0 Å². The number of carbonyl (C=O) groups is 2. The van der Waals surface area contributed by atoms with E-state index in [0.29, 0.717) is 0 Å². The van der Waals surface area contributed by atoms with E-state index in [-0.39, 0.29) is 5.92 Å². The van der Waals surface area contributed by atoms with Gasteiger partial charge in [-0.25, -0.2) is 9.59 Å². The van der Waals surface area contributed by atoms with Crippen LogP contribution in [0.3, 0.4) is 0 Å². The topological polar surface area (TPSA) is 64.6 Å². The van der Waals surface area contributed by atoms with Crippen molar-refractivity contribution in [2.45, 2.75) is 32.4 Å². The molecule has 0 aromatic carbocycles. The Labute approximate surface area is 82.8 Å². The van der Waals surface area contributed by atoms with Crippen LogP contribution in [0.2, 0.25) is 0 Å². The number of hydrogen-bond acceptors (Lipinski definition) is 4. The number of nitrogens with one attached hydrogen (secondary N) is 1. The summed E-state index contributed by atoms with van der Waals surface area (Å²) in [5, 5.41) is 2.43. The number of carbonyl (C=O) groups excluding carboxylic acids is 2. The van der Waals surface area contributed by atoms with Crippen molar-refractivity contribution in [3.05, 3.63) is 0 Å². The van der Waals surface area contributed by atoms with Crippen LogP contribution in [0.1, 0.15) is 20.3 Å². The molecule has 1 fully saturated rings. The van der Waals surface area contributed by atoms with Crippen molar-refractivity contribution in [2.24, 2.45) is 5.92 Å². The van der Waals surface area contributed by atoms with E-state index in [2.05, 4.69) is 10.1 Å². The number of esters is 1. The van der Waals surface area contributed by atoms with E-state index < -0.39 is 24.2 Å². The summed E-state index contributed by atoms with van der Waals surface area (Å²) in [6, 6.07) is -0.664. The Balaban J connectivity index is 2.72. The predicted molar refractivity (Wildman–Crippen MR) is 48.7 cm³/mol. The predicted octanol–water partition coefficient (Wildman–Crippen LogP) is 0.682. The van der Waals surface area contributed by atoms with Crippen LogP contribution in [-0.2, 0) is 14.3 Å². The highest BCUT2D eigenvalue weighted by molar-refractivity contribution is 5.84. The summed E-state index contributed by atoms with van der Waals surface area (Å²) in [6.07, 6.45) is -0.127. The van der Waals surface area contributed by atoms with Gasteiger partial charge in [-0.05, 0) is 12.3 Å². The Bertz CT molecular complexity index is 241. The summed E-state index contributed by atoms with van der Waals surface area (Å²) >= 11 is 0. The number of cyclic esters (lactones) is 1. The number of rotatable bonds is 3. The molecule has 0 aliphatic carbocycles. The summed E-state index contributed by atoms with van der Waals surface area (Å²) in [7, 11) is 1.29. The molecule has 1 N–H and O–H groups in total. The number of alkyl carbamates (subject to hydrolysis) is 1. The normalized spacial score (nSPS) is 27.8. The zero-order valence-electron chi connectivity index (χ0n) is 8.57. The van der Waals surface area contributed by atoms with E-state index in [4.69, 9.17) is 4.74 Å². The molecular weight excluding hydrogens is 186 g/mol. The summed E-state index contributed by atoms with van der Waals surface area (Å²) in [4.78, 5) is 22.2. The van der Waals surface area contributed by atoms with Crippen LogP contribution in [0, 0.1) is 5.92 Å². The molecule has 5 nitrogen and oxygen atoms in total. The molecule has 0 aromatic rings. The van der Waals surface area contributed by atoms with Gasteiger partial charge >= 0.3 is 12.1 Å². The first-order valence-corrected chi connectivity index (χ1v) is 4.65. The first-order chi connectivity index (χ1) is 6.60. The minimum Gasteiger partial charge on any atom is -0.467 e. The molecule has 1 rings (SSSR count). The van der Waals surface area contributed by atoms with Gasteiger partial charge < -0.3 is 14.8 Å². The third-order valence-electron chi connectivity index (χ3n) is 2.50. The molecule has 0 aromatic heterocycles. The van der Waals surface area contributed by atoms with Crippen molar-refractivity contribution in [3.63, 3.8) is 0 Å². The zero-order valence-corrected chi connectivity index (χ0v) is 8.57. The summed E-state index contributed by atoms with van der Waals surface area (Å²) in [5.74, 6) is -0.320. The molecule has 1 amide bonds. The van der Waals surface area contributed by atoms with Crippen LogP contribution in [0.4, 0.5) is 4.79 Å². The van der Waals surface area contributed by atoms with Gasteiger partial charge in [-0.3, -0.25) is 0 Å². The molecule has 0 saturated carbocycles. The molecule has 80 valence electrons. The lowest BCUT2D eigenvalue weighted by Crippen LogP contribution is -2.42. The third-order valence-corrected chi connectivity index (χ3v) is 2.50. The van der Waals surface area contributed by atoms with Gasteiger partial charge in [0.15, 0.2) is 6.04 Å². The SMILES string of the molecule is CCC(C)C1OC(=O)NC1C(=O)OC. The van der Waals surface area contributed by atoms with Crippen LogP contribution in [0.5, 0.6) is 0 Å². The molecule has 1 aliphatic rings. The molecule has 0 radical (unpaired) electrons. The molecule has 3 atom stereocenters. The Hall–Kier alpha value is -1.26. The van der Waals surface area contributed by atoms with Crippen LogP contribution in [0.25, 0.3) is 0 Å². The van der Waals surface area contributed by atoms with Gasteiger partial charge in [-0.1, -0.05) is 13.8 Å². The standard InChI is InChI=1S/C9H15NO4/c1-4-5(2)7-6(8(11)13-3)10-9(12)14-7/h5-7H,4H2,1-3H3,(H,10,12). The summed E-state index contributed by atoms with van der Waals surface area (Å²) in [5.41, 5.74) is 0. The fourth-order valence-electron chi connectivity index (χ4n) is 1.43. The fourth-order valence-corrected chi connectivity index (χ4v) is 1.43. The fraction of sp³-hybridized carbons (Fsp3) is 0.778. The zero-order chi connectivity index (χ0) is 10.7. The number of ether oxygens (including phenoxy) is 2. The first-order valence-electron chi connectivity index (χ1n) is 4.65. The van der Waals surface area contributed by atoms with E-state index in [1.165, 1.54) is 7.11 Å². The lowest BCUT2D eigenvalue weighted by molar-refractivity contribution is -0.144. The van der Waals surface area contributed by atoms with Gasteiger partial charge in [0.05, 0.1) is 7.11 Å². The van der Waals surface area contributed by atoms with E-state index in [9.17, 15) is 9.59 Å². The molecule has 1 saturated heterocycles. The van der Waals surface area contributed by atoms with Gasteiger partial charge in [0.2, 0.25) is 0 Å². The smallest absolute Gasteiger partial charge is 0.408 e. The second-order valence-electron chi connectivity index (χ2n) is 3.40. The third kappa shape index (κ3) is 1.97. The lowest BCUT2D eigenvalue weighted by atomic mass is 9.96. The molecule has 0 bridgehead atoms. The molecule has 5 heteroatoms. The van der Waals surface area contributed by atoms with Crippen molar-refractivity contribution >= 4 is 12.1 Å². The second-order valence-corrected chi connectivity index (χ2v) is 3.40. The number of methoxy groups -OCH3 is 1. The average Bonchev–Trinajstić information content (AvgIpc) is 2.58. The maximum absolute atomic E-state index is 11.3. The molecule has 1 heterocycles. The summed E-state index contributed by atoms with van der Waals surface area (Å²) in [6.45, 7) is 3.91. The van der Waals surface area contributed by atoms with E-state index in [1.807, 2.05) is 13.8 Å². The monoisotopic (exact) mass is 201 g/mol. The van der Waals surface area contributed by atoms with Crippen LogP contribution in [0.15, 0.2) is 0 Å². The quantitative estimate of drug-likeness (QED) is 0.682. The highest BCUT2D eigenvalue weighted by atomic mass is 16.6. The molecular formula is C9H15NO4. The molecule has 0 spiro atoms. The average molecular weight is 201 g/mol. The Morgan fingerprint density at radius 1 is 1.71 bits per heavy atom. The highest BCUT2D eigenvalue weighted by Crippen LogP contribution is 2.20. The largest absolute Gasteiger partial charge is 0.467 e. The van der Waals surface area contributed by atoms with Crippen molar-refractivity contribution < 1.29 is 19.1 Å². The number of hydrogen-bond donors (Lipinski definition) is 1. The minimum atomic E-state index is -0.664. The van der Waals surface area contributed by atoms with Crippen LogP contribution >= 0.6 is 0 Å². The van der Waals surface area contributed by atoms with Crippen LogP contribution in [-0.4, -0.2) is 31.3 Å². The highest BCUT2D eigenvalue weighted by Gasteiger charge is 2.42. The first kappa shape index (κ1) is 10.8. The Kier molecular flexibility index (Phi) is 3.33. The Morgan fingerprint density at radius 2 is 2.36 bits per heavy atom. The van der Waals surface area contributed by atoms with E-state index >= 15 is 0 Å². The van der Waals surface area contributed by atoms with E-state index in [1.54, 1.807) is 0 Å². The van der Waals surface area contributed by atoms with Gasteiger partial charge in [0.25, 0.3) is 0 Å². The van der Waals surface area contributed by atoms with Crippen LogP contribution < -0.4 is 5.32 Å².